The molecule has 1 aromatic rings. The molecule has 0 spiro atoms. The van der Waals surface area contributed by atoms with Gasteiger partial charge in [0.2, 0.25) is 5.82 Å². The van der Waals surface area contributed by atoms with Gasteiger partial charge in [0.1, 0.15) is 6.10 Å². The maximum atomic E-state index is 11.8. The van der Waals surface area contributed by atoms with E-state index in [9.17, 15) is 9.59 Å². The van der Waals surface area contributed by atoms with Crippen molar-refractivity contribution in [3.05, 3.63) is 20.8 Å². The van der Waals surface area contributed by atoms with Gasteiger partial charge in [-0.1, -0.05) is 0 Å². The van der Waals surface area contributed by atoms with Crippen LogP contribution in [0.15, 0.2) is 9.59 Å². The van der Waals surface area contributed by atoms with Crippen LogP contribution in [0.3, 0.4) is 0 Å². The molecule has 8 nitrogen and oxygen atoms in total. The lowest BCUT2D eigenvalue weighted by Gasteiger charge is -2.17. The lowest BCUT2D eigenvalue weighted by molar-refractivity contribution is -0.136. The zero-order chi connectivity index (χ0) is 14.2. The molecule has 1 fully saturated rings. The molecule has 0 amide bonds. The van der Waals surface area contributed by atoms with Gasteiger partial charge in [-0.15, -0.1) is 5.10 Å². The maximum Gasteiger partial charge on any atom is 0.346 e. The largest absolute Gasteiger partial charge is 0.361 e. The summed E-state index contributed by atoms with van der Waals surface area (Å²) in [5.74, 6) is -0.480. The Hall–Kier alpha value is -1.67. The van der Waals surface area contributed by atoms with Crippen LogP contribution in [-0.2, 0) is 23.6 Å². The first kappa shape index (κ1) is 13.8. The zero-order valence-corrected chi connectivity index (χ0v) is 11.5. The quantitative estimate of drug-likeness (QED) is 0.761. The van der Waals surface area contributed by atoms with Crippen LogP contribution in [0.5, 0.6) is 0 Å². The highest BCUT2D eigenvalue weighted by atomic mass is 16.7. The van der Waals surface area contributed by atoms with Gasteiger partial charge in [0, 0.05) is 20.6 Å². The number of aromatic nitrogens is 3. The lowest BCUT2D eigenvalue weighted by Crippen LogP contribution is -2.40. The topological polar surface area (TPSA) is 87.4 Å². The van der Waals surface area contributed by atoms with Crippen LogP contribution in [0.2, 0.25) is 0 Å². The molecule has 1 N–H and O–H groups in total. The molecule has 106 valence electrons. The third kappa shape index (κ3) is 2.85. The number of anilines is 1. The van der Waals surface area contributed by atoms with Crippen molar-refractivity contribution in [2.24, 2.45) is 14.1 Å². The fourth-order valence-electron chi connectivity index (χ4n) is 1.88. The van der Waals surface area contributed by atoms with Gasteiger partial charge < -0.3 is 14.8 Å². The van der Waals surface area contributed by atoms with Gasteiger partial charge in [-0.25, -0.2) is 9.48 Å². The van der Waals surface area contributed by atoms with Gasteiger partial charge in [-0.2, -0.15) is 0 Å². The molecule has 1 aromatic heterocycles. The highest BCUT2D eigenvalue weighted by molar-refractivity contribution is 5.29. The van der Waals surface area contributed by atoms with Gasteiger partial charge in [0.15, 0.2) is 5.79 Å². The minimum absolute atomic E-state index is 0.123. The third-order valence-corrected chi connectivity index (χ3v) is 2.89. The Bertz CT molecular complexity index is 589. The molecular weight excluding hydrogens is 252 g/mol. The number of hydrogen-bond donors (Lipinski definition) is 1. The normalized spacial score (nSPS) is 21.6. The van der Waals surface area contributed by atoms with Gasteiger partial charge in [0.25, 0.3) is 5.56 Å². The van der Waals surface area contributed by atoms with E-state index in [1.807, 2.05) is 13.8 Å². The SMILES string of the molecule is Cn1nc(NCC2COC(C)(C)O2)c(=O)n(C)c1=O. The molecule has 2 rings (SSSR count). The Morgan fingerprint density at radius 2 is 2.11 bits per heavy atom. The minimum atomic E-state index is -0.603. The van der Waals surface area contributed by atoms with Crippen molar-refractivity contribution in [2.75, 3.05) is 18.5 Å². The number of rotatable bonds is 3. The summed E-state index contributed by atoms with van der Waals surface area (Å²) in [6, 6.07) is 0. The van der Waals surface area contributed by atoms with Crippen LogP contribution in [0.1, 0.15) is 13.8 Å². The number of ether oxygens (including phenoxy) is 2. The van der Waals surface area contributed by atoms with Gasteiger partial charge in [-0.3, -0.25) is 9.36 Å². The molecule has 1 aliphatic heterocycles. The average molecular weight is 270 g/mol. The summed E-state index contributed by atoms with van der Waals surface area (Å²) in [5.41, 5.74) is -0.918. The Balaban J connectivity index is 2.09. The van der Waals surface area contributed by atoms with Crippen LogP contribution in [0, 0.1) is 0 Å². The monoisotopic (exact) mass is 270 g/mol. The Morgan fingerprint density at radius 3 is 2.68 bits per heavy atom. The van der Waals surface area contributed by atoms with Crippen LogP contribution in [0.25, 0.3) is 0 Å². The Morgan fingerprint density at radius 1 is 1.42 bits per heavy atom. The van der Waals surface area contributed by atoms with E-state index in [2.05, 4.69) is 10.4 Å². The molecule has 0 aromatic carbocycles. The molecule has 1 unspecified atom stereocenters. The molecule has 2 heterocycles. The predicted molar refractivity (Wildman–Crippen MR) is 68.1 cm³/mol. The van der Waals surface area contributed by atoms with Crippen molar-refractivity contribution in [3.63, 3.8) is 0 Å². The Labute approximate surface area is 109 Å². The molecule has 0 bridgehead atoms. The standard InChI is InChI=1S/C11H18N4O4/c1-11(2)18-6-7(19-11)5-12-8-9(16)14(3)10(17)15(4)13-8/h7H,5-6H2,1-4H3,(H,12,13). The van der Waals surface area contributed by atoms with E-state index in [0.29, 0.717) is 13.2 Å². The summed E-state index contributed by atoms with van der Waals surface area (Å²) in [7, 11) is 2.90. The average Bonchev–Trinajstić information content (AvgIpc) is 2.69. The van der Waals surface area contributed by atoms with Gasteiger partial charge >= 0.3 is 5.69 Å². The van der Waals surface area contributed by atoms with E-state index in [0.717, 1.165) is 9.25 Å². The fourth-order valence-corrected chi connectivity index (χ4v) is 1.88. The van der Waals surface area contributed by atoms with Gasteiger partial charge in [-0.05, 0) is 13.8 Å². The number of hydrogen-bond acceptors (Lipinski definition) is 6. The van der Waals surface area contributed by atoms with Crippen LogP contribution in [-0.4, -0.2) is 39.4 Å². The lowest BCUT2D eigenvalue weighted by atomic mass is 10.3. The zero-order valence-electron chi connectivity index (χ0n) is 11.5. The fraction of sp³-hybridized carbons (Fsp3) is 0.727. The van der Waals surface area contributed by atoms with Crippen LogP contribution in [0.4, 0.5) is 5.82 Å². The Kier molecular flexibility index (Phi) is 3.46. The van der Waals surface area contributed by atoms with E-state index < -0.39 is 17.0 Å². The molecule has 0 saturated carbocycles. The molecule has 1 aliphatic rings. The highest BCUT2D eigenvalue weighted by Crippen LogP contribution is 2.21. The number of nitrogens with zero attached hydrogens (tertiary/aromatic N) is 3. The third-order valence-electron chi connectivity index (χ3n) is 2.89. The van der Waals surface area contributed by atoms with Crippen molar-refractivity contribution < 1.29 is 9.47 Å². The van der Waals surface area contributed by atoms with Crippen molar-refractivity contribution in [1.82, 2.24) is 14.3 Å². The van der Waals surface area contributed by atoms with E-state index in [4.69, 9.17) is 9.47 Å². The molecule has 8 heteroatoms. The second kappa shape index (κ2) is 4.78. The summed E-state index contributed by atoms with van der Waals surface area (Å²) in [6.45, 7) is 4.50. The molecule has 0 radical (unpaired) electrons. The number of nitrogens with one attached hydrogen (secondary N) is 1. The first-order chi connectivity index (χ1) is 8.80. The van der Waals surface area contributed by atoms with Crippen molar-refractivity contribution >= 4 is 5.82 Å². The first-order valence-electron chi connectivity index (χ1n) is 6.00. The van der Waals surface area contributed by atoms with E-state index in [1.54, 1.807) is 0 Å². The maximum absolute atomic E-state index is 11.8. The summed E-state index contributed by atoms with van der Waals surface area (Å²) in [4.78, 5) is 23.3. The molecular formula is C11H18N4O4. The summed E-state index contributed by atoms with van der Waals surface area (Å²) in [5, 5.41) is 6.79. The second-order valence-electron chi connectivity index (χ2n) is 4.95. The van der Waals surface area contributed by atoms with E-state index in [-0.39, 0.29) is 11.9 Å². The summed E-state index contributed by atoms with van der Waals surface area (Å²) >= 11 is 0. The van der Waals surface area contributed by atoms with Gasteiger partial charge in [0.05, 0.1) is 6.61 Å². The van der Waals surface area contributed by atoms with Crippen molar-refractivity contribution in [3.8, 4) is 0 Å². The molecule has 1 saturated heterocycles. The van der Waals surface area contributed by atoms with Crippen LogP contribution < -0.4 is 16.6 Å². The van der Waals surface area contributed by atoms with Crippen LogP contribution >= 0.6 is 0 Å². The summed E-state index contributed by atoms with van der Waals surface area (Å²) in [6.07, 6.45) is -0.154. The predicted octanol–water partition coefficient (Wildman–Crippen LogP) is -0.958. The minimum Gasteiger partial charge on any atom is -0.361 e. The summed E-state index contributed by atoms with van der Waals surface area (Å²) < 4.78 is 13.1. The molecule has 19 heavy (non-hydrogen) atoms. The number of aryl methyl sites for hydroxylation is 1. The molecule has 1 atom stereocenters. The van der Waals surface area contributed by atoms with Crippen molar-refractivity contribution in [2.45, 2.75) is 25.7 Å². The highest BCUT2D eigenvalue weighted by Gasteiger charge is 2.32. The van der Waals surface area contributed by atoms with E-state index in [1.165, 1.54) is 14.1 Å². The molecule has 0 aliphatic carbocycles. The first-order valence-corrected chi connectivity index (χ1v) is 6.00. The second-order valence-corrected chi connectivity index (χ2v) is 4.95. The smallest absolute Gasteiger partial charge is 0.346 e. The van der Waals surface area contributed by atoms with E-state index >= 15 is 0 Å². The van der Waals surface area contributed by atoms with Crippen molar-refractivity contribution in [1.29, 1.82) is 0 Å².